The number of aromatic nitrogens is 3. The number of anilines is 1. The fourth-order valence-electron chi connectivity index (χ4n) is 4.26. The molecule has 0 saturated carbocycles. The number of halogens is 1. The molecule has 1 aliphatic heterocycles. The van der Waals surface area contributed by atoms with Gasteiger partial charge in [-0.25, -0.2) is 14.4 Å². The molecule has 4 heterocycles. The summed E-state index contributed by atoms with van der Waals surface area (Å²) in [6, 6.07) is 11.1. The quantitative estimate of drug-likeness (QED) is 0.340. The van der Waals surface area contributed by atoms with Crippen molar-refractivity contribution in [3.05, 3.63) is 77.5 Å². The fraction of sp³-hybridized carbons (Fsp3) is 0.269. The maximum absolute atomic E-state index is 13.9. The molecule has 1 aliphatic rings. The Morgan fingerprint density at radius 1 is 1.23 bits per heavy atom. The molecule has 3 aromatic heterocycles. The summed E-state index contributed by atoms with van der Waals surface area (Å²) in [6.07, 6.45) is 4.80. The predicted octanol–water partition coefficient (Wildman–Crippen LogP) is 4.38. The van der Waals surface area contributed by atoms with Gasteiger partial charge in [-0.3, -0.25) is 4.79 Å². The van der Waals surface area contributed by atoms with Crippen LogP contribution in [0.1, 0.15) is 34.5 Å². The van der Waals surface area contributed by atoms with E-state index in [0.29, 0.717) is 34.5 Å². The number of aromatic amines is 1. The van der Waals surface area contributed by atoms with Crippen LogP contribution in [0.2, 0.25) is 0 Å². The lowest BCUT2D eigenvalue weighted by Crippen LogP contribution is -2.36. The van der Waals surface area contributed by atoms with Crippen molar-refractivity contribution in [2.75, 3.05) is 18.5 Å². The molecule has 9 heteroatoms. The van der Waals surface area contributed by atoms with Crippen LogP contribution in [0.4, 0.5) is 10.1 Å². The Bertz CT molecular complexity index is 1360. The Morgan fingerprint density at radius 3 is 2.83 bits per heavy atom. The SMILES string of the molecule is Cc1nc(Oc2ccccc2F)ccc1C(=O)c1c[nH]c2nccc(N[C@@H]3CC[C@@H](CO)OC3)c12. The highest BCUT2D eigenvalue weighted by Gasteiger charge is 2.24. The summed E-state index contributed by atoms with van der Waals surface area (Å²) in [5.41, 5.74) is 2.71. The van der Waals surface area contributed by atoms with E-state index in [9.17, 15) is 14.3 Å². The number of carbonyl (C=O) groups excluding carboxylic acids is 1. The minimum Gasteiger partial charge on any atom is -0.436 e. The minimum absolute atomic E-state index is 0.0141. The number of pyridine rings is 2. The number of hydrogen-bond acceptors (Lipinski definition) is 7. The molecule has 1 aromatic carbocycles. The van der Waals surface area contributed by atoms with Crippen LogP contribution >= 0.6 is 0 Å². The molecule has 5 rings (SSSR count). The van der Waals surface area contributed by atoms with Crippen molar-refractivity contribution in [3.63, 3.8) is 0 Å². The normalized spacial score (nSPS) is 17.9. The molecule has 35 heavy (non-hydrogen) atoms. The second kappa shape index (κ2) is 9.81. The third-order valence-corrected chi connectivity index (χ3v) is 6.11. The maximum atomic E-state index is 13.9. The lowest BCUT2D eigenvalue weighted by molar-refractivity contribution is -0.0223. The molecule has 0 spiro atoms. The van der Waals surface area contributed by atoms with Gasteiger partial charge in [0.15, 0.2) is 17.3 Å². The first-order valence-corrected chi connectivity index (χ1v) is 11.4. The number of aliphatic hydroxyl groups is 1. The predicted molar refractivity (Wildman–Crippen MR) is 128 cm³/mol. The van der Waals surface area contributed by atoms with Crippen LogP contribution in [-0.4, -0.2) is 51.2 Å². The summed E-state index contributed by atoms with van der Waals surface area (Å²) in [6.45, 7) is 2.19. The number of hydrogen-bond donors (Lipinski definition) is 3. The summed E-state index contributed by atoms with van der Waals surface area (Å²) < 4.78 is 25.2. The van der Waals surface area contributed by atoms with E-state index in [1.165, 1.54) is 12.1 Å². The van der Waals surface area contributed by atoms with E-state index < -0.39 is 5.82 Å². The van der Waals surface area contributed by atoms with Crippen molar-refractivity contribution < 1.29 is 23.8 Å². The summed E-state index contributed by atoms with van der Waals surface area (Å²) in [5, 5.41) is 13.4. The molecule has 0 unspecified atom stereocenters. The van der Waals surface area contributed by atoms with Gasteiger partial charge in [-0.05, 0) is 44.0 Å². The van der Waals surface area contributed by atoms with Crippen molar-refractivity contribution in [1.29, 1.82) is 0 Å². The Morgan fingerprint density at radius 2 is 2.09 bits per heavy atom. The Hall–Kier alpha value is -3.82. The van der Waals surface area contributed by atoms with Gasteiger partial charge >= 0.3 is 0 Å². The first kappa shape index (κ1) is 22.9. The average Bonchev–Trinajstić information content (AvgIpc) is 3.31. The van der Waals surface area contributed by atoms with E-state index in [1.807, 2.05) is 6.07 Å². The molecule has 0 aliphatic carbocycles. The average molecular weight is 477 g/mol. The van der Waals surface area contributed by atoms with Crippen LogP contribution in [-0.2, 0) is 4.74 Å². The van der Waals surface area contributed by atoms with Gasteiger partial charge in [-0.2, -0.15) is 0 Å². The number of nitrogens with one attached hydrogen (secondary N) is 2. The summed E-state index contributed by atoms with van der Waals surface area (Å²) in [5.74, 6) is -0.442. The number of benzene rings is 1. The van der Waals surface area contributed by atoms with Gasteiger partial charge in [-0.15, -0.1) is 0 Å². The van der Waals surface area contributed by atoms with E-state index in [-0.39, 0.29) is 36.2 Å². The molecule has 180 valence electrons. The van der Waals surface area contributed by atoms with E-state index in [0.717, 1.165) is 18.5 Å². The molecule has 2 atom stereocenters. The number of aryl methyl sites for hydroxylation is 1. The number of fused-ring (bicyclic) bond motifs is 1. The van der Waals surface area contributed by atoms with Crippen LogP contribution in [0, 0.1) is 12.7 Å². The van der Waals surface area contributed by atoms with Gasteiger partial charge in [0.1, 0.15) is 5.65 Å². The molecule has 0 amide bonds. The topological polar surface area (TPSA) is 109 Å². The largest absolute Gasteiger partial charge is 0.436 e. The Kier molecular flexibility index (Phi) is 6.43. The summed E-state index contributed by atoms with van der Waals surface area (Å²) in [4.78, 5) is 25.3. The minimum atomic E-state index is -0.492. The highest BCUT2D eigenvalue weighted by Crippen LogP contribution is 2.30. The molecular weight excluding hydrogens is 451 g/mol. The Balaban J connectivity index is 1.40. The van der Waals surface area contributed by atoms with Crippen molar-refractivity contribution >= 4 is 22.5 Å². The molecule has 1 saturated heterocycles. The molecule has 1 fully saturated rings. The number of ether oxygens (including phenoxy) is 2. The molecule has 3 N–H and O–H groups in total. The van der Waals surface area contributed by atoms with E-state index >= 15 is 0 Å². The molecule has 4 aromatic rings. The molecule has 0 bridgehead atoms. The standard InChI is InChI=1S/C26H25FN4O4/c1-15-18(8-9-23(30-15)35-22-5-3-2-4-20(22)27)25(33)19-12-29-26-24(19)21(10-11-28-26)31-16-6-7-17(13-32)34-14-16/h2-5,8-12,16-17,32H,6-7,13-14H2,1H3,(H2,28,29,31)/t16-,17+/m1/s1. The van der Waals surface area contributed by atoms with Crippen LogP contribution < -0.4 is 10.1 Å². The molecule has 0 radical (unpaired) electrons. The molecule has 8 nitrogen and oxygen atoms in total. The summed E-state index contributed by atoms with van der Waals surface area (Å²) >= 11 is 0. The summed E-state index contributed by atoms with van der Waals surface area (Å²) in [7, 11) is 0. The Labute approximate surface area is 201 Å². The second-order valence-corrected chi connectivity index (χ2v) is 8.49. The van der Waals surface area contributed by atoms with Crippen molar-refractivity contribution in [1.82, 2.24) is 15.0 Å². The number of nitrogens with zero attached hydrogens (tertiary/aromatic N) is 2. The third-order valence-electron chi connectivity index (χ3n) is 6.11. The number of H-pyrrole nitrogens is 1. The second-order valence-electron chi connectivity index (χ2n) is 8.49. The van der Waals surface area contributed by atoms with Gasteiger partial charge in [0.2, 0.25) is 5.88 Å². The highest BCUT2D eigenvalue weighted by atomic mass is 19.1. The van der Waals surface area contributed by atoms with E-state index in [2.05, 4.69) is 20.3 Å². The maximum Gasteiger partial charge on any atom is 0.219 e. The van der Waals surface area contributed by atoms with Crippen LogP contribution in [0.25, 0.3) is 11.0 Å². The number of para-hydroxylation sites is 1. The van der Waals surface area contributed by atoms with Crippen molar-refractivity contribution in [2.24, 2.45) is 0 Å². The van der Waals surface area contributed by atoms with Gasteiger partial charge in [0.05, 0.1) is 36.0 Å². The first-order chi connectivity index (χ1) is 17.0. The van der Waals surface area contributed by atoms with Crippen LogP contribution in [0.3, 0.4) is 0 Å². The number of carbonyl (C=O) groups is 1. The fourth-order valence-corrected chi connectivity index (χ4v) is 4.26. The highest BCUT2D eigenvalue weighted by molar-refractivity contribution is 6.18. The zero-order valence-corrected chi connectivity index (χ0v) is 19.1. The van der Waals surface area contributed by atoms with Crippen LogP contribution in [0.15, 0.2) is 54.9 Å². The number of ketones is 1. The first-order valence-electron chi connectivity index (χ1n) is 11.4. The van der Waals surface area contributed by atoms with Gasteiger partial charge in [0.25, 0.3) is 0 Å². The lowest BCUT2D eigenvalue weighted by Gasteiger charge is -2.29. The number of rotatable bonds is 7. The van der Waals surface area contributed by atoms with E-state index in [1.54, 1.807) is 43.6 Å². The van der Waals surface area contributed by atoms with Gasteiger partial charge in [-0.1, -0.05) is 12.1 Å². The zero-order valence-electron chi connectivity index (χ0n) is 19.1. The van der Waals surface area contributed by atoms with Crippen LogP contribution in [0.5, 0.6) is 11.6 Å². The zero-order chi connectivity index (χ0) is 24.4. The van der Waals surface area contributed by atoms with Gasteiger partial charge in [0, 0.05) is 35.8 Å². The smallest absolute Gasteiger partial charge is 0.219 e. The lowest BCUT2D eigenvalue weighted by atomic mass is 10.0. The number of aliphatic hydroxyl groups excluding tert-OH is 1. The van der Waals surface area contributed by atoms with Gasteiger partial charge < -0.3 is 24.9 Å². The van der Waals surface area contributed by atoms with E-state index in [4.69, 9.17) is 9.47 Å². The third kappa shape index (κ3) is 4.73. The monoisotopic (exact) mass is 476 g/mol. The molecular formula is C26H25FN4O4. The van der Waals surface area contributed by atoms with Crippen molar-refractivity contribution in [3.8, 4) is 11.6 Å². The van der Waals surface area contributed by atoms with Crippen molar-refractivity contribution in [2.45, 2.75) is 31.9 Å².